The summed E-state index contributed by atoms with van der Waals surface area (Å²) in [5.41, 5.74) is 5.41. The van der Waals surface area contributed by atoms with Crippen molar-refractivity contribution in [1.29, 1.82) is 15.8 Å². The lowest BCUT2D eigenvalue weighted by Crippen LogP contribution is -2.49. The number of allylic oxidation sites excluding steroid dienone is 2. The number of hydrogen-bond acceptors (Lipinski definition) is 11. The van der Waals surface area contributed by atoms with Gasteiger partial charge in [0.05, 0.1) is 17.7 Å². The zero-order chi connectivity index (χ0) is 27.8. The van der Waals surface area contributed by atoms with Gasteiger partial charge in [-0.1, -0.05) is 26.8 Å². The van der Waals surface area contributed by atoms with Gasteiger partial charge in [-0.3, -0.25) is 9.59 Å². The van der Waals surface area contributed by atoms with Gasteiger partial charge in [0.2, 0.25) is 6.79 Å². The van der Waals surface area contributed by atoms with E-state index in [9.17, 15) is 14.9 Å². The highest BCUT2D eigenvalue weighted by Crippen LogP contribution is 2.43. The molecule has 0 aliphatic carbocycles. The average Bonchev–Trinajstić information content (AvgIpc) is 3.32. The van der Waals surface area contributed by atoms with E-state index in [-0.39, 0.29) is 12.5 Å². The topological polar surface area (TPSA) is 172 Å². The van der Waals surface area contributed by atoms with Crippen LogP contribution >= 0.6 is 0 Å². The van der Waals surface area contributed by atoms with Crippen molar-refractivity contribution in [3.8, 4) is 29.7 Å². The number of carbonyl (C=O) groups excluding carboxylic acids is 2. The molecule has 1 fully saturated rings. The summed E-state index contributed by atoms with van der Waals surface area (Å²) in [6, 6.07) is 9.73. The lowest BCUT2D eigenvalue weighted by molar-refractivity contribution is -0.241. The summed E-state index contributed by atoms with van der Waals surface area (Å²) in [6.07, 6.45) is 0. The predicted molar refractivity (Wildman–Crippen MR) is 130 cm³/mol. The molecule has 11 nitrogen and oxygen atoms in total. The number of esters is 2. The first kappa shape index (κ1) is 29.0. The molecule has 0 aromatic heterocycles. The van der Waals surface area contributed by atoms with Crippen LogP contribution in [0.5, 0.6) is 11.5 Å². The Morgan fingerprint density at radius 1 is 1.03 bits per heavy atom. The van der Waals surface area contributed by atoms with E-state index in [1.807, 2.05) is 6.07 Å². The highest BCUT2D eigenvalue weighted by molar-refractivity contribution is 5.98. The Morgan fingerprint density at radius 2 is 1.57 bits per heavy atom. The normalized spacial score (nSPS) is 17.1. The van der Waals surface area contributed by atoms with E-state index < -0.39 is 41.1 Å². The van der Waals surface area contributed by atoms with E-state index in [0.29, 0.717) is 17.1 Å². The number of benzene rings is 1. The molecule has 0 radical (unpaired) electrons. The molecule has 1 aromatic rings. The predicted octanol–water partition coefficient (Wildman–Crippen LogP) is 2.70. The Hall–Kier alpha value is -4.27. The number of carbonyl (C=O) groups is 2. The van der Waals surface area contributed by atoms with Crippen molar-refractivity contribution in [2.75, 3.05) is 26.4 Å². The van der Waals surface area contributed by atoms with Gasteiger partial charge >= 0.3 is 11.9 Å². The molecule has 37 heavy (non-hydrogen) atoms. The van der Waals surface area contributed by atoms with Gasteiger partial charge in [0.1, 0.15) is 17.7 Å². The number of fused-ring (bicyclic) bond motifs is 1. The zero-order valence-electron chi connectivity index (χ0n) is 21.6. The smallest absolute Gasteiger partial charge is 0.324 e. The maximum atomic E-state index is 12.7. The van der Waals surface area contributed by atoms with Crippen LogP contribution in [0.25, 0.3) is 0 Å². The maximum absolute atomic E-state index is 12.7. The van der Waals surface area contributed by atoms with Crippen LogP contribution in [-0.4, -0.2) is 49.1 Å². The summed E-state index contributed by atoms with van der Waals surface area (Å²) in [5.74, 6) is -6.67. The second-order valence-corrected chi connectivity index (χ2v) is 8.64. The van der Waals surface area contributed by atoms with Gasteiger partial charge < -0.3 is 29.6 Å². The molecule has 0 bridgehead atoms. The fourth-order valence-electron chi connectivity index (χ4n) is 4.04. The largest absolute Gasteiger partial charge is 0.454 e. The second kappa shape index (κ2) is 12.6. The van der Waals surface area contributed by atoms with E-state index in [1.165, 1.54) is 45.6 Å². The summed E-state index contributed by atoms with van der Waals surface area (Å²) in [6.45, 7) is 12.9. The third-order valence-electron chi connectivity index (χ3n) is 6.03. The van der Waals surface area contributed by atoms with Crippen molar-refractivity contribution in [2.24, 2.45) is 17.6 Å². The third-order valence-corrected chi connectivity index (χ3v) is 6.03. The average molecular weight is 510 g/mol. The minimum atomic E-state index is -1.56. The Bertz CT molecular complexity index is 1130. The molecule has 196 valence electrons. The molecule has 1 saturated heterocycles. The van der Waals surface area contributed by atoms with Crippen molar-refractivity contribution in [3.05, 3.63) is 35.0 Å². The molecule has 0 spiro atoms. The minimum absolute atomic E-state index is 0.0120. The molecule has 1 aromatic carbocycles. The Balaban J connectivity index is 0.000000604. The minimum Gasteiger partial charge on any atom is -0.454 e. The number of nitrogens with two attached hydrogens (primary N) is 1. The first-order chi connectivity index (χ1) is 17.6. The Labute approximate surface area is 216 Å². The lowest BCUT2D eigenvalue weighted by atomic mass is 9.74. The molecule has 2 aliphatic heterocycles. The van der Waals surface area contributed by atoms with Crippen molar-refractivity contribution in [3.63, 3.8) is 0 Å². The maximum Gasteiger partial charge on any atom is 0.324 e. The van der Waals surface area contributed by atoms with Gasteiger partial charge in [0, 0.05) is 19.8 Å². The van der Waals surface area contributed by atoms with Crippen LogP contribution in [0.4, 0.5) is 0 Å². The molecule has 11 heteroatoms. The fraction of sp³-hybridized carbons (Fsp3) is 0.500. The summed E-state index contributed by atoms with van der Waals surface area (Å²) in [5, 5.41) is 28.2. The Kier molecular flexibility index (Phi) is 9.88. The van der Waals surface area contributed by atoms with Gasteiger partial charge in [0.25, 0.3) is 5.79 Å². The van der Waals surface area contributed by atoms with Crippen molar-refractivity contribution in [1.82, 2.24) is 4.90 Å². The zero-order valence-corrected chi connectivity index (χ0v) is 21.6. The molecule has 2 unspecified atom stereocenters. The van der Waals surface area contributed by atoms with Crippen LogP contribution < -0.4 is 15.2 Å². The molecule has 2 heterocycles. The van der Waals surface area contributed by atoms with Gasteiger partial charge in [0.15, 0.2) is 17.4 Å². The van der Waals surface area contributed by atoms with Crippen LogP contribution in [-0.2, 0) is 19.1 Å². The van der Waals surface area contributed by atoms with Crippen LogP contribution in [0.15, 0.2) is 29.5 Å². The molecule has 0 amide bonds. The van der Waals surface area contributed by atoms with E-state index in [1.54, 1.807) is 18.2 Å². The molecule has 0 saturated carbocycles. The molecule has 2 aliphatic rings. The second-order valence-electron chi connectivity index (χ2n) is 8.64. The van der Waals surface area contributed by atoms with Crippen LogP contribution in [0, 0.1) is 45.8 Å². The summed E-state index contributed by atoms with van der Waals surface area (Å²) >= 11 is 0. The fourth-order valence-corrected chi connectivity index (χ4v) is 4.04. The standard InChI is InChI=1S/C20H16N4O6.C6H15N/c1-20(2)29-18(25)16(19(26)30-20)15(12(8-23)17(24)11(6-21)7-22)10-3-4-13-14(5-10)28-9-27-13;1-4-7(5-2)6-3/h3-5,12,15-16H,9,24H2,1-2H3;4-6H2,1-3H3. The van der Waals surface area contributed by atoms with Gasteiger partial charge in [-0.15, -0.1) is 0 Å². The number of rotatable bonds is 7. The van der Waals surface area contributed by atoms with Crippen LogP contribution in [0.2, 0.25) is 0 Å². The SMILES string of the molecule is CC1(C)OC(=O)C(C(c2ccc3c(c2)OCO3)C(C#N)C(N)=C(C#N)C#N)C(=O)O1.CCN(CC)CC. The Morgan fingerprint density at radius 3 is 2.03 bits per heavy atom. The van der Waals surface area contributed by atoms with Crippen molar-refractivity contribution < 1.29 is 28.5 Å². The first-order valence-corrected chi connectivity index (χ1v) is 11.8. The number of ether oxygens (including phenoxy) is 4. The monoisotopic (exact) mass is 509 g/mol. The van der Waals surface area contributed by atoms with Gasteiger partial charge in [-0.2, -0.15) is 15.8 Å². The summed E-state index contributed by atoms with van der Waals surface area (Å²) in [7, 11) is 0. The molecule has 3 rings (SSSR count). The summed E-state index contributed by atoms with van der Waals surface area (Å²) < 4.78 is 21.0. The van der Waals surface area contributed by atoms with Gasteiger partial charge in [-0.05, 0) is 37.3 Å². The first-order valence-electron chi connectivity index (χ1n) is 11.8. The molecular weight excluding hydrogens is 478 g/mol. The van der Waals surface area contributed by atoms with Crippen molar-refractivity contribution in [2.45, 2.75) is 46.3 Å². The molecular formula is C26H31N5O6. The van der Waals surface area contributed by atoms with E-state index in [4.69, 9.17) is 35.2 Å². The van der Waals surface area contributed by atoms with E-state index >= 15 is 0 Å². The van der Waals surface area contributed by atoms with Gasteiger partial charge in [-0.25, -0.2) is 0 Å². The quantitative estimate of drug-likeness (QED) is 0.325. The molecule has 2 N–H and O–H groups in total. The lowest BCUT2D eigenvalue weighted by Gasteiger charge is -2.37. The molecule has 2 atom stereocenters. The summed E-state index contributed by atoms with van der Waals surface area (Å²) in [4.78, 5) is 27.9. The van der Waals surface area contributed by atoms with Crippen LogP contribution in [0.3, 0.4) is 0 Å². The van der Waals surface area contributed by atoms with Crippen LogP contribution in [0.1, 0.15) is 46.1 Å². The van der Waals surface area contributed by atoms with E-state index in [2.05, 4.69) is 25.7 Å². The number of nitrogens with zero attached hydrogens (tertiary/aromatic N) is 4. The number of cyclic esters (lactones) is 2. The highest BCUT2D eigenvalue weighted by atomic mass is 16.7. The number of hydrogen-bond donors (Lipinski definition) is 1. The van der Waals surface area contributed by atoms with Crippen molar-refractivity contribution >= 4 is 11.9 Å². The van der Waals surface area contributed by atoms with E-state index in [0.717, 1.165) is 0 Å². The highest BCUT2D eigenvalue weighted by Gasteiger charge is 2.51. The number of nitriles is 3. The third kappa shape index (κ3) is 6.69.